The molecule has 2 rings (SSSR count). The van der Waals surface area contributed by atoms with Gasteiger partial charge in [-0.2, -0.15) is 0 Å². The minimum atomic E-state index is 0.0980. The molecule has 5 nitrogen and oxygen atoms in total. The van der Waals surface area contributed by atoms with Crippen LogP contribution in [-0.2, 0) is 0 Å². The van der Waals surface area contributed by atoms with E-state index in [0.717, 1.165) is 23.5 Å². The van der Waals surface area contributed by atoms with Crippen LogP contribution in [0.2, 0.25) is 0 Å². The lowest BCUT2D eigenvalue weighted by Crippen LogP contribution is -2.36. The Labute approximate surface area is 121 Å². The van der Waals surface area contributed by atoms with Crippen molar-refractivity contribution in [1.29, 1.82) is 5.41 Å². The lowest BCUT2D eigenvalue weighted by atomic mass is 9.96. The number of aryl methyl sites for hydroxylation is 1. The van der Waals surface area contributed by atoms with Crippen molar-refractivity contribution >= 4 is 11.7 Å². The standard InChI is InChI=1S/C15H25N5/c1-11-4-7-18-15(13(11)14(16)17)20(3)10-12-5-8-19(2)9-6-12/h4,7,12H,5-6,8-10H2,1-3H3,(H3,16,17). The number of rotatable bonds is 4. The average molecular weight is 275 g/mol. The third-order valence-electron chi connectivity index (χ3n) is 4.14. The van der Waals surface area contributed by atoms with Crippen LogP contribution < -0.4 is 10.6 Å². The van der Waals surface area contributed by atoms with E-state index in [1.54, 1.807) is 6.20 Å². The van der Waals surface area contributed by atoms with Gasteiger partial charge in [-0.05, 0) is 57.5 Å². The predicted molar refractivity (Wildman–Crippen MR) is 83.5 cm³/mol. The fraction of sp³-hybridized carbons (Fsp3) is 0.600. The van der Waals surface area contributed by atoms with Gasteiger partial charge >= 0.3 is 0 Å². The fourth-order valence-electron chi connectivity index (χ4n) is 2.88. The molecule has 0 aromatic carbocycles. The number of nitrogens with one attached hydrogen (secondary N) is 1. The van der Waals surface area contributed by atoms with E-state index in [1.807, 2.05) is 20.0 Å². The molecule has 2 heterocycles. The van der Waals surface area contributed by atoms with Crippen LogP contribution >= 0.6 is 0 Å². The zero-order chi connectivity index (χ0) is 14.7. The lowest BCUT2D eigenvalue weighted by Gasteiger charge is -2.32. The topological polar surface area (TPSA) is 69.2 Å². The highest BCUT2D eigenvalue weighted by Crippen LogP contribution is 2.23. The Balaban J connectivity index is 2.11. The van der Waals surface area contributed by atoms with Gasteiger partial charge in [0.1, 0.15) is 11.7 Å². The van der Waals surface area contributed by atoms with Gasteiger partial charge in [0.25, 0.3) is 0 Å². The van der Waals surface area contributed by atoms with Crippen LogP contribution in [0.1, 0.15) is 24.0 Å². The van der Waals surface area contributed by atoms with E-state index in [1.165, 1.54) is 25.9 Å². The highest BCUT2D eigenvalue weighted by atomic mass is 15.2. The van der Waals surface area contributed by atoms with Crippen LogP contribution in [-0.4, -0.2) is 49.4 Å². The molecule has 0 unspecified atom stereocenters. The van der Waals surface area contributed by atoms with E-state index < -0.39 is 0 Å². The van der Waals surface area contributed by atoms with Crippen LogP contribution in [0.25, 0.3) is 0 Å². The second kappa shape index (κ2) is 6.22. The molecule has 1 saturated heterocycles. The first kappa shape index (κ1) is 14.8. The third-order valence-corrected chi connectivity index (χ3v) is 4.14. The number of pyridine rings is 1. The summed E-state index contributed by atoms with van der Waals surface area (Å²) in [5.74, 6) is 1.62. The maximum atomic E-state index is 7.76. The molecule has 0 bridgehead atoms. The number of likely N-dealkylation sites (tertiary alicyclic amines) is 1. The summed E-state index contributed by atoms with van der Waals surface area (Å²) in [4.78, 5) is 8.97. The summed E-state index contributed by atoms with van der Waals surface area (Å²) >= 11 is 0. The number of hydrogen-bond acceptors (Lipinski definition) is 4. The third kappa shape index (κ3) is 3.28. The van der Waals surface area contributed by atoms with Gasteiger partial charge in [0.15, 0.2) is 0 Å². The quantitative estimate of drug-likeness (QED) is 0.644. The first-order valence-corrected chi connectivity index (χ1v) is 7.18. The molecule has 0 spiro atoms. The van der Waals surface area contributed by atoms with E-state index in [4.69, 9.17) is 11.1 Å². The van der Waals surface area contributed by atoms with Crippen molar-refractivity contribution in [2.45, 2.75) is 19.8 Å². The average Bonchev–Trinajstić information content (AvgIpc) is 2.40. The van der Waals surface area contributed by atoms with Crippen molar-refractivity contribution in [3.8, 4) is 0 Å². The Kier molecular flexibility index (Phi) is 4.60. The summed E-state index contributed by atoms with van der Waals surface area (Å²) in [5.41, 5.74) is 7.49. The highest BCUT2D eigenvalue weighted by molar-refractivity contribution is 6.00. The zero-order valence-electron chi connectivity index (χ0n) is 12.7. The molecule has 0 amide bonds. The molecule has 5 heteroatoms. The first-order chi connectivity index (χ1) is 9.49. The van der Waals surface area contributed by atoms with Crippen LogP contribution in [0.15, 0.2) is 12.3 Å². The molecule has 1 aliphatic rings. The largest absolute Gasteiger partial charge is 0.384 e. The Morgan fingerprint density at radius 3 is 2.75 bits per heavy atom. The van der Waals surface area contributed by atoms with Crippen molar-refractivity contribution in [2.75, 3.05) is 38.6 Å². The van der Waals surface area contributed by atoms with E-state index in [0.29, 0.717) is 5.92 Å². The second-order valence-corrected chi connectivity index (χ2v) is 5.87. The number of amidine groups is 1. The number of hydrogen-bond donors (Lipinski definition) is 2. The number of anilines is 1. The van der Waals surface area contributed by atoms with Crippen LogP contribution in [0.5, 0.6) is 0 Å². The fourth-order valence-corrected chi connectivity index (χ4v) is 2.88. The monoisotopic (exact) mass is 275 g/mol. The summed E-state index contributed by atoms with van der Waals surface area (Å²) in [6.07, 6.45) is 4.24. The van der Waals surface area contributed by atoms with Crippen molar-refractivity contribution in [3.05, 3.63) is 23.4 Å². The predicted octanol–water partition coefficient (Wildman–Crippen LogP) is 1.45. The molecule has 1 aromatic heterocycles. The van der Waals surface area contributed by atoms with Gasteiger partial charge in [-0.25, -0.2) is 4.98 Å². The molecule has 3 N–H and O–H groups in total. The minimum absolute atomic E-state index is 0.0980. The molecule has 110 valence electrons. The van der Waals surface area contributed by atoms with Gasteiger partial charge in [-0.15, -0.1) is 0 Å². The Bertz CT molecular complexity index is 477. The maximum Gasteiger partial charge on any atom is 0.139 e. The number of nitrogens with two attached hydrogens (primary N) is 1. The van der Waals surface area contributed by atoms with Gasteiger partial charge in [0.2, 0.25) is 0 Å². The number of nitrogen functional groups attached to an aromatic ring is 1. The van der Waals surface area contributed by atoms with E-state index >= 15 is 0 Å². The molecule has 20 heavy (non-hydrogen) atoms. The normalized spacial score (nSPS) is 17.1. The summed E-state index contributed by atoms with van der Waals surface area (Å²) < 4.78 is 0. The molecular formula is C15H25N5. The van der Waals surface area contributed by atoms with Crippen LogP contribution in [0.3, 0.4) is 0 Å². The number of piperidine rings is 1. The van der Waals surface area contributed by atoms with Crippen molar-refractivity contribution in [1.82, 2.24) is 9.88 Å². The van der Waals surface area contributed by atoms with Gasteiger partial charge in [0, 0.05) is 19.8 Å². The molecule has 0 aliphatic carbocycles. The second-order valence-electron chi connectivity index (χ2n) is 5.87. The summed E-state index contributed by atoms with van der Waals surface area (Å²) in [6.45, 7) is 5.29. The van der Waals surface area contributed by atoms with Gasteiger partial charge < -0.3 is 15.5 Å². The Hall–Kier alpha value is -1.62. The summed E-state index contributed by atoms with van der Waals surface area (Å²) in [7, 11) is 4.22. The number of aromatic nitrogens is 1. The number of nitrogens with zero attached hydrogens (tertiary/aromatic N) is 3. The minimum Gasteiger partial charge on any atom is -0.384 e. The van der Waals surface area contributed by atoms with Gasteiger partial charge in [-0.3, -0.25) is 5.41 Å². The lowest BCUT2D eigenvalue weighted by molar-refractivity contribution is 0.222. The zero-order valence-corrected chi connectivity index (χ0v) is 12.7. The van der Waals surface area contributed by atoms with Crippen LogP contribution in [0, 0.1) is 18.3 Å². The maximum absolute atomic E-state index is 7.76. The smallest absolute Gasteiger partial charge is 0.139 e. The Morgan fingerprint density at radius 1 is 1.50 bits per heavy atom. The van der Waals surface area contributed by atoms with E-state index in [-0.39, 0.29) is 5.84 Å². The summed E-state index contributed by atoms with van der Waals surface area (Å²) in [5, 5.41) is 7.76. The summed E-state index contributed by atoms with van der Waals surface area (Å²) in [6, 6.07) is 1.91. The molecule has 0 radical (unpaired) electrons. The van der Waals surface area contributed by atoms with Crippen LogP contribution in [0.4, 0.5) is 5.82 Å². The molecule has 0 atom stereocenters. The molecule has 0 saturated carbocycles. The molecule has 1 aromatic rings. The SMILES string of the molecule is Cc1ccnc(N(C)CC2CCN(C)CC2)c1C(=N)N. The van der Waals surface area contributed by atoms with Crippen molar-refractivity contribution < 1.29 is 0 Å². The molecular weight excluding hydrogens is 250 g/mol. The van der Waals surface area contributed by atoms with Gasteiger partial charge in [-0.1, -0.05) is 0 Å². The van der Waals surface area contributed by atoms with E-state index in [9.17, 15) is 0 Å². The van der Waals surface area contributed by atoms with E-state index in [2.05, 4.69) is 21.8 Å². The first-order valence-electron chi connectivity index (χ1n) is 7.18. The highest BCUT2D eigenvalue weighted by Gasteiger charge is 2.21. The van der Waals surface area contributed by atoms with Crippen molar-refractivity contribution in [2.24, 2.45) is 11.7 Å². The van der Waals surface area contributed by atoms with Crippen molar-refractivity contribution in [3.63, 3.8) is 0 Å². The van der Waals surface area contributed by atoms with Gasteiger partial charge in [0.05, 0.1) is 5.56 Å². The molecule has 1 fully saturated rings. The molecule has 1 aliphatic heterocycles. The Morgan fingerprint density at radius 2 is 2.15 bits per heavy atom.